The topological polar surface area (TPSA) is 70.8 Å². The SMILES string of the molecule is Cc1cc2cc(C(=O)N3CCCC(C)(C(=O)O)C3)oc2cc1C. The van der Waals surface area contributed by atoms with Gasteiger partial charge < -0.3 is 14.4 Å². The summed E-state index contributed by atoms with van der Waals surface area (Å²) >= 11 is 0. The van der Waals surface area contributed by atoms with Crippen molar-refractivity contribution in [2.45, 2.75) is 33.6 Å². The van der Waals surface area contributed by atoms with Crippen molar-refractivity contribution in [1.29, 1.82) is 0 Å². The van der Waals surface area contributed by atoms with Crippen molar-refractivity contribution >= 4 is 22.8 Å². The van der Waals surface area contributed by atoms with Crippen LogP contribution >= 0.6 is 0 Å². The molecule has 3 rings (SSSR count). The van der Waals surface area contributed by atoms with Gasteiger partial charge in [0, 0.05) is 18.5 Å². The number of benzene rings is 1. The monoisotopic (exact) mass is 315 g/mol. The number of amides is 1. The molecule has 1 fully saturated rings. The van der Waals surface area contributed by atoms with Crippen LogP contribution in [-0.4, -0.2) is 35.0 Å². The number of carboxylic acid groups (broad SMARTS) is 1. The number of furan rings is 1. The standard InChI is InChI=1S/C18H21NO4/c1-11-7-13-9-15(23-14(13)8-12(11)2)16(20)19-6-4-5-18(3,10-19)17(21)22/h7-9H,4-6,10H2,1-3H3,(H,21,22). The van der Waals surface area contributed by atoms with E-state index in [1.807, 2.05) is 26.0 Å². The van der Waals surface area contributed by atoms with Crippen LogP contribution in [0.2, 0.25) is 0 Å². The second kappa shape index (κ2) is 5.41. The number of likely N-dealkylation sites (tertiary alicyclic amines) is 1. The van der Waals surface area contributed by atoms with E-state index in [2.05, 4.69) is 0 Å². The molecule has 2 heterocycles. The molecular weight excluding hydrogens is 294 g/mol. The Hall–Kier alpha value is -2.30. The number of nitrogens with zero attached hydrogens (tertiary/aromatic N) is 1. The number of hydrogen-bond donors (Lipinski definition) is 1. The summed E-state index contributed by atoms with van der Waals surface area (Å²) in [6, 6.07) is 5.68. The van der Waals surface area contributed by atoms with Gasteiger partial charge in [0.2, 0.25) is 0 Å². The minimum atomic E-state index is -0.882. The minimum absolute atomic E-state index is 0.219. The second-order valence-corrected chi connectivity index (χ2v) is 6.78. The van der Waals surface area contributed by atoms with Crippen molar-refractivity contribution in [3.8, 4) is 0 Å². The second-order valence-electron chi connectivity index (χ2n) is 6.78. The van der Waals surface area contributed by atoms with E-state index in [-0.39, 0.29) is 18.2 Å². The third-order valence-corrected chi connectivity index (χ3v) is 4.84. The number of carboxylic acids is 1. The first-order chi connectivity index (χ1) is 10.8. The lowest BCUT2D eigenvalue weighted by atomic mass is 9.82. The lowest BCUT2D eigenvalue weighted by molar-refractivity contribution is -0.150. The van der Waals surface area contributed by atoms with Gasteiger partial charge in [0.05, 0.1) is 5.41 Å². The van der Waals surface area contributed by atoms with E-state index in [0.29, 0.717) is 25.0 Å². The molecule has 1 amide bonds. The van der Waals surface area contributed by atoms with Crippen molar-refractivity contribution in [2.24, 2.45) is 5.41 Å². The summed E-state index contributed by atoms with van der Waals surface area (Å²) in [7, 11) is 0. The number of aliphatic carboxylic acids is 1. The van der Waals surface area contributed by atoms with Crippen molar-refractivity contribution in [1.82, 2.24) is 4.90 Å². The molecule has 5 nitrogen and oxygen atoms in total. The van der Waals surface area contributed by atoms with Gasteiger partial charge in [-0.25, -0.2) is 0 Å². The number of rotatable bonds is 2. The van der Waals surface area contributed by atoms with Crippen LogP contribution in [-0.2, 0) is 4.79 Å². The number of carbonyl (C=O) groups is 2. The maximum absolute atomic E-state index is 12.7. The molecular formula is C18H21NO4. The van der Waals surface area contributed by atoms with Crippen LogP contribution in [0.3, 0.4) is 0 Å². The minimum Gasteiger partial charge on any atom is -0.481 e. The lowest BCUT2D eigenvalue weighted by Crippen LogP contribution is -2.48. The van der Waals surface area contributed by atoms with Gasteiger partial charge in [-0.15, -0.1) is 0 Å². The zero-order chi connectivity index (χ0) is 16.8. The molecule has 0 radical (unpaired) electrons. The fourth-order valence-electron chi connectivity index (χ4n) is 3.15. The van der Waals surface area contributed by atoms with Gasteiger partial charge in [-0.3, -0.25) is 9.59 Å². The van der Waals surface area contributed by atoms with Crippen LogP contribution in [0.4, 0.5) is 0 Å². The molecule has 2 aromatic rings. The Morgan fingerprint density at radius 2 is 1.91 bits per heavy atom. The summed E-state index contributed by atoms with van der Waals surface area (Å²) in [5.74, 6) is -0.811. The summed E-state index contributed by atoms with van der Waals surface area (Å²) in [6.07, 6.45) is 1.28. The Morgan fingerprint density at radius 3 is 2.61 bits per heavy atom. The molecule has 23 heavy (non-hydrogen) atoms. The van der Waals surface area contributed by atoms with Gasteiger partial charge in [-0.2, -0.15) is 0 Å². The van der Waals surface area contributed by atoms with E-state index in [4.69, 9.17) is 4.42 Å². The summed E-state index contributed by atoms with van der Waals surface area (Å²) in [5, 5.41) is 10.3. The fourth-order valence-corrected chi connectivity index (χ4v) is 3.15. The molecule has 1 aliphatic heterocycles. The highest BCUT2D eigenvalue weighted by molar-refractivity contribution is 5.96. The molecule has 1 aromatic carbocycles. The summed E-state index contributed by atoms with van der Waals surface area (Å²) in [6.45, 7) is 6.50. The first-order valence-corrected chi connectivity index (χ1v) is 7.84. The predicted octanol–water partition coefficient (Wildman–Crippen LogP) is 3.38. The number of fused-ring (bicyclic) bond motifs is 1. The maximum Gasteiger partial charge on any atom is 0.311 e. The molecule has 122 valence electrons. The van der Waals surface area contributed by atoms with Crippen LogP contribution in [0.25, 0.3) is 11.0 Å². The van der Waals surface area contributed by atoms with Crippen molar-refractivity contribution in [3.63, 3.8) is 0 Å². The van der Waals surface area contributed by atoms with Crippen LogP contribution in [0.15, 0.2) is 22.6 Å². The van der Waals surface area contributed by atoms with E-state index in [1.54, 1.807) is 17.9 Å². The molecule has 0 bridgehead atoms. The van der Waals surface area contributed by atoms with E-state index in [1.165, 1.54) is 0 Å². The Kier molecular flexibility index (Phi) is 3.66. The Bertz CT molecular complexity index is 753. The highest BCUT2D eigenvalue weighted by Crippen LogP contribution is 2.31. The van der Waals surface area contributed by atoms with Gasteiger partial charge in [-0.05, 0) is 62.9 Å². The molecule has 5 heteroatoms. The maximum atomic E-state index is 12.7. The quantitative estimate of drug-likeness (QED) is 0.922. The highest BCUT2D eigenvalue weighted by atomic mass is 16.4. The van der Waals surface area contributed by atoms with Crippen molar-refractivity contribution in [3.05, 3.63) is 35.1 Å². The first kappa shape index (κ1) is 15.6. The van der Waals surface area contributed by atoms with E-state index in [0.717, 1.165) is 16.5 Å². The van der Waals surface area contributed by atoms with Crippen LogP contribution in [0.5, 0.6) is 0 Å². The van der Waals surface area contributed by atoms with E-state index < -0.39 is 11.4 Å². The number of aryl methyl sites for hydroxylation is 2. The van der Waals surface area contributed by atoms with Gasteiger partial charge in [-0.1, -0.05) is 0 Å². The third-order valence-electron chi connectivity index (χ3n) is 4.84. The average molecular weight is 315 g/mol. The summed E-state index contributed by atoms with van der Waals surface area (Å²) in [5.41, 5.74) is 2.07. The molecule has 1 aromatic heterocycles. The normalized spacial score (nSPS) is 21.6. The third kappa shape index (κ3) is 2.71. The molecule has 1 unspecified atom stereocenters. The van der Waals surface area contributed by atoms with Crippen LogP contribution in [0, 0.1) is 19.3 Å². The van der Waals surface area contributed by atoms with Crippen LogP contribution in [0.1, 0.15) is 41.4 Å². The van der Waals surface area contributed by atoms with Gasteiger partial charge in [0.25, 0.3) is 5.91 Å². The van der Waals surface area contributed by atoms with Crippen molar-refractivity contribution < 1.29 is 19.1 Å². The zero-order valence-corrected chi connectivity index (χ0v) is 13.7. The molecule has 1 saturated heterocycles. The van der Waals surface area contributed by atoms with Gasteiger partial charge in [0.15, 0.2) is 5.76 Å². The van der Waals surface area contributed by atoms with Crippen molar-refractivity contribution in [2.75, 3.05) is 13.1 Å². The fraction of sp³-hybridized carbons (Fsp3) is 0.444. The average Bonchev–Trinajstić information content (AvgIpc) is 2.89. The smallest absolute Gasteiger partial charge is 0.311 e. The molecule has 0 saturated carbocycles. The van der Waals surface area contributed by atoms with E-state index in [9.17, 15) is 14.7 Å². The molecule has 1 aliphatic rings. The predicted molar refractivity (Wildman–Crippen MR) is 86.6 cm³/mol. The van der Waals surface area contributed by atoms with Crippen LogP contribution < -0.4 is 0 Å². The summed E-state index contributed by atoms with van der Waals surface area (Å²) < 4.78 is 5.71. The highest BCUT2D eigenvalue weighted by Gasteiger charge is 2.40. The molecule has 1 atom stereocenters. The first-order valence-electron chi connectivity index (χ1n) is 7.84. The van der Waals surface area contributed by atoms with Gasteiger partial charge >= 0.3 is 5.97 Å². The zero-order valence-electron chi connectivity index (χ0n) is 13.7. The Balaban J connectivity index is 1.89. The number of piperidine rings is 1. The molecule has 0 aliphatic carbocycles. The Labute approximate surface area is 134 Å². The van der Waals surface area contributed by atoms with Gasteiger partial charge in [0.1, 0.15) is 5.58 Å². The number of hydrogen-bond acceptors (Lipinski definition) is 3. The Morgan fingerprint density at radius 1 is 1.22 bits per heavy atom. The largest absolute Gasteiger partial charge is 0.481 e. The molecule has 1 N–H and O–H groups in total. The molecule has 0 spiro atoms. The van der Waals surface area contributed by atoms with E-state index >= 15 is 0 Å². The number of carbonyl (C=O) groups excluding carboxylic acids is 1. The summed E-state index contributed by atoms with van der Waals surface area (Å²) in [4.78, 5) is 25.7. The lowest BCUT2D eigenvalue weighted by Gasteiger charge is -2.37.